The Bertz CT molecular complexity index is 715. The molecule has 1 heterocycles. The highest BCUT2D eigenvalue weighted by Gasteiger charge is 2.49. The van der Waals surface area contributed by atoms with E-state index in [1.165, 1.54) is 0 Å². The Kier molecular flexibility index (Phi) is 3.36. The predicted octanol–water partition coefficient (Wildman–Crippen LogP) is 2.79. The fraction of sp³-hybridized carbons (Fsp3) is 0.118. The molecule has 0 spiro atoms. The van der Waals surface area contributed by atoms with E-state index in [9.17, 15) is 9.90 Å². The summed E-state index contributed by atoms with van der Waals surface area (Å²) in [5.41, 5.74) is 1.45. The van der Waals surface area contributed by atoms with E-state index in [-0.39, 0.29) is 0 Å². The van der Waals surface area contributed by atoms with Gasteiger partial charge in [0.05, 0.1) is 0 Å². The van der Waals surface area contributed by atoms with Gasteiger partial charge in [-0.05, 0) is 35.3 Å². The van der Waals surface area contributed by atoms with E-state index < -0.39 is 11.5 Å². The summed E-state index contributed by atoms with van der Waals surface area (Å²) in [5.74, 6) is -0.948. The van der Waals surface area contributed by atoms with Crippen molar-refractivity contribution in [2.24, 2.45) is 9.98 Å². The Balaban J connectivity index is 1.97. The van der Waals surface area contributed by atoms with Gasteiger partial charge >= 0.3 is 5.97 Å². The molecule has 0 aromatic carbocycles. The number of rotatable bonds is 1. The maximum atomic E-state index is 11.5. The Morgan fingerprint density at radius 1 is 1.14 bits per heavy atom. The molecule has 104 valence electrons. The van der Waals surface area contributed by atoms with E-state index in [2.05, 4.69) is 9.98 Å². The number of hydrogen-bond donors (Lipinski definition) is 1. The first-order valence-corrected chi connectivity index (χ1v) is 6.67. The second-order valence-corrected chi connectivity index (χ2v) is 4.88. The summed E-state index contributed by atoms with van der Waals surface area (Å²) in [6.07, 6.45) is 20.6. The molecule has 21 heavy (non-hydrogen) atoms. The summed E-state index contributed by atoms with van der Waals surface area (Å²) in [5, 5.41) is 9.40. The minimum Gasteiger partial charge on any atom is -0.479 e. The zero-order valence-corrected chi connectivity index (χ0v) is 11.3. The van der Waals surface area contributed by atoms with Gasteiger partial charge in [-0.15, -0.1) is 0 Å². The lowest BCUT2D eigenvalue weighted by molar-refractivity contribution is -0.138. The molecule has 0 radical (unpaired) electrons. The summed E-state index contributed by atoms with van der Waals surface area (Å²) >= 11 is 0. The van der Waals surface area contributed by atoms with Crippen LogP contribution in [0, 0.1) is 0 Å². The molecule has 3 aliphatic rings. The summed E-state index contributed by atoms with van der Waals surface area (Å²) in [6, 6.07) is 0. The van der Waals surface area contributed by atoms with Crippen molar-refractivity contribution in [3.05, 3.63) is 71.5 Å². The first-order valence-electron chi connectivity index (χ1n) is 6.67. The Labute approximate surface area is 122 Å². The molecule has 3 rings (SSSR count). The number of carboxylic acid groups (broad SMARTS) is 1. The lowest BCUT2D eigenvalue weighted by Crippen LogP contribution is -2.23. The average Bonchev–Trinajstić information content (AvgIpc) is 3.00. The number of nitrogens with zero attached hydrogens (tertiary/aromatic N) is 2. The van der Waals surface area contributed by atoms with Gasteiger partial charge in [0.15, 0.2) is 0 Å². The van der Waals surface area contributed by atoms with Gasteiger partial charge in [-0.2, -0.15) is 0 Å². The van der Waals surface area contributed by atoms with Crippen LogP contribution in [0.5, 0.6) is 0 Å². The highest BCUT2D eigenvalue weighted by atomic mass is 16.4. The van der Waals surface area contributed by atoms with Crippen LogP contribution >= 0.6 is 0 Å². The molecule has 2 aliphatic carbocycles. The summed E-state index contributed by atoms with van der Waals surface area (Å²) < 4.78 is 0. The van der Waals surface area contributed by atoms with Crippen LogP contribution in [-0.4, -0.2) is 29.0 Å². The van der Waals surface area contributed by atoms with Crippen LogP contribution in [-0.2, 0) is 4.79 Å². The largest absolute Gasteiger partial charge is 0.479 e. The van der Waals surface area contributed by atoms with E-state index in [0.717, 1.165) is 17.6 Å². The van der Waals surface area contributed by atoms with Gasteiger partial charge in [0, 0.05) is 18.6 Å². The molecule has 1 atom stereocenters. The molecule has 4 nitrogen and oxygen atoms in total. The van der Waals surface area contributed by atoms with E-state index in [4.69, 9.17) is 0 Å². The van der Waals surface area contributed by atoms with Crippen LogP contribution in [0.1, 0.15) is 6.42 Å². The molecule has 0 aromatic rings. The molecule has 0 unspecified atom stereocenters. The zero-order chi connectivity index (χ0) is 14.7. The molecule has 0 aromatic heterocycles. The van der Waals surface area contributed by atoms with E-state index >= 15 is 0 Å². The summed E-state index contributed by atoms with van der Waals surface area (Å²) in [6.45, 7) is 0. The SMILES string of the molecule is O=C(O)[C@@]12C=C1\C=C/C=C\C=C/N=CC1=C(C=N2)CC=C1. The van der Waals surface area contributed by atoms with Crippen molar-refractivity contribution in [2.45, 2.75) is 12.0 Å². The number of fused-ring (bicyclic) bond motifs is 1. The Morgan fingerprint density at radius 3 is 2.86 bits per heavy atom. The highest BCUT2D eigenvalue weighted by Crippen LogP contribution is 2.40. The van der Waals surface area contributed by atoms with Crippen molar-refractivity contribution in [1.29, 1.82) is 0 Å². The first-order chi connectivity index (χ1) is 10.2. The van der Waals surface area contributed by atoms with Gasteiger partial charge in [0.1, 0.15) is 0 Å². The number of aliphatic imine (C=N–C) groups is 2. The lowest BCUT2D eigenvalue weighted by Gasteiger charge is -2.06. The topological polar surface area (TPSA) is 62.0 Å². The molecule has 0 saturated carbocycles. The number of aliphatic carboxylic acids is 1. The quantitative estimate of drug-likeness (QED) is 0.801. The van der Waals surface area contributed by atoms with Crippen LogP contribution in [0.3, 0.4) is 0 Å². The highest BCUT2D eigenvalue weighted by molar-refractivity contribution is 6.00. The second-order valence-electron chi connectivity index (χ2n) is 4.88. The summed E-state index contributed by atoms with van der Waals surface area (Å²) in [4.78, 5) is 20.0. The van der Waals surface area contributed by atoms with Crippen LogP contribution in [0.2, 0.25) is 0 Å². The van der Waals surface area contributed by atoms with Crippen LogP contribution in [0.4, 0.5) is 0 Å². The number of hydrogen-bond acceptors (Lipinski definition) is 3. The fourth-order valence-corrected chi connectivity index (χ4v) is 2.20. The molecule has 0 amide bonds. The number of carboxylic acids is 1. The van der Waals surface area contributed by atoms with Gasteiger partial charge < -0.3 is 5.11 Å². The third kappa shape index (κ3) is 2.60. The van der Waals surface area contributed by atoms with E-state index in [1.807, 2.05) is 30.4 Å². The lowest BCUT2D eigenvalue weighted by atomic mass is 10.1. The Morgan fingerprint density at radius 2 is 2.00 bits per heavy atom. The van der Waals surface area contributed by atoms with Crippen LogP contribution in [0.25, 0.3) is 0 Å². The van der Waals surface area contributed by atoms with Crippen LogP contribution in [0.15, 0.2) is 81.5 Å². The average molecular weight is 278 g/mol. The van der Waals surface area contributed by atoms with Crippen molar-refractivity contribution in [1.82, 2.24) is 0 Å². The van der Waals surface area contributed by atoms with Crippen molar-refractivity contribution in [3.63, 3.8) is 0 Å². The molecular formula is C17H14N2O2. The van der Waals surface area contributed by atoms with Crippen molar-refractivity contribution >= 4 is 18.4 Å². The van der Waals surface area contributed by atoms with Crippen LogP contribution < -0.4 is 0 Å². The number of carbonyl (C=O) groups is 1. The monoisotopic (exact) mass is 278 g/mol. The minimum absolute atomic E-state index is 0.707. The van der Waals surface area contributed by atoms with Gasteiger partial charge in [-0.1, -0.05) is 36.5 Å². The maximum Gasteiger partial charge on any atom is 0.340 e. The zero-order valence-electron chi connectivity index (χ0n) is 11.3. The van der Waals surface area contributed by atoms with Gasteiger partial charge in [-0.3, -0.25) is 9.98 Å². The van der Waals surface area contributed by atoms with Crippen molar-refractivity contribution in [3.8, 4) is 0 Å². The van der Waals surface area contributed by atoms with Gasteiger partial charge in [0.25, 0.3) is 0 Å². The van der Waals surface area contributed by atoms with E-state index in [1.54, 1.807) is 36.9 Å². The second kappa shape index (κ2) is 5.32. The smallest absolute Gasteiger partial charge is 0.340 e. The molecule has 4 heteroatoms. The molecular weight excluding hydrogens is 264 g/mol. The van der Waals surface area contributed by atoms with Gasteiger partial charge in [0.2, 0.25) is 5.54 Å². The van der Waals surface area contributed by atoms with E-state index in [0.29, 0.717) is 5.57 Å². The molecule has 0 saturated heterocycles. The third-order valence-corrected chi connectivity index (χ3v) is 3.47. The standard InChI is InChI=1S/C17H14N2O2/c20-16(21)17-10-15(17)8-3-1-2-4-9-18-11-13-6-5-7-14(13)12-19-17/h1-6,8-12H,7H2,(H,20,21)/b2-1-,8-3-,9-4-,18-11?,19-12?/t17-/m1/s1. The minimum atomic E-state index is -1.19. The van der Waals surface area contributed by atoms with Crippen molar-refractivity contribution in [2.75, 3.05) is 0 Å². The molecule has 1 N–H and O–H groups in total. The van der Waals surface area contributed by atoms with Gasteiger partial charge in [-0.25, -0.2) is 4.79 Å². The predicted molar refractivity (Wildman–Crippen MR) is 83.6 cm³/mol. The van der Waals surface area contributed by atoms with Crippen molar-refractivity contribution < 1.29 is 9.90 Å². The summed E-state index contributed by atoms with van der Waals surface area (Å²) in [7, 11) is 0. The number of allylic oxidation sites excluding steroid dienone is 8. The molecule has 0 bridgehead atoms. The third-order valence-electron chi connectivity index (χ3n) is 3.47. The molecule has 0 fully saturated rings. The fourth-order valence-electron chi connectivity index (χ4n) is 2.20. The Hall–Kier alpha value is -2.75. The first kappa shape index (κ1) is 13.2. The normalized spacial score (nSPS) is 31.0. The molecule has 1 aliphatic heterocycles. The maximum absolute atomic E-state index is 11.5.